The summed E-state index contributed by atoms with van der Waals surface area (Å²) < 4.78 is 19.6. The van der Waals surface area contributed by atoms with Crippen LogP contribution in [0, 0.1) is 12.7 Å². The molecule has 1 atom stereocenters. The van der Waals surface area contributed by atoms with E-state index in [1.165, 1.54) is 17.0 Å². The van der Waals surface area contributed by atoms with Gasteiger partial charge in [0.1, 0.15) is 0 Å². The summed E-state index contributed by atoms with van der Waals surface area (Å²) in [5.74, 6) is -0.197. The van der Waals surface area contributed by atoms with Crippen LogP contribution in [0.2, 0.25) is 5.02 Å². The zero-order chi connectivity index (χ0) is 18.3. The molecule has 1 amide bonds. The number of aryl methyl sites for hydroxylation is 1. The SMILES string of the molecule is Cc1ccccc1-c1nc(C2CC(=O)N(c3cccc(Cl)c3F)C2)no1. The minimum absolute atomic E-state index is 0.0137. The third-order valence-electron chi connectivity index (χ3n) is 4.53. The predicted molar refractivity (Wildman–Crippen MR) is 95.6 cm³/mol. The van der Waals surface area contributed by atoms with E-state index in [0.29, 0.717) is 11.7 Å². The molecule has 7 heteroatoms. The molecule has 3 aromatic rings. The summed E-state index contributed by atoms with van der Waals surface area (Å²) in [6, 6.07) is 12.3. The van der Waals surface area contributed by atoms with E-state index in [1.54, 1.807) is 6.07 Å². The average Bonchev–Trinajstić information content (AvgIpc) is 3.25. The number of carbonyl (C=O) groups is 1. The molecule has 1 aliphatic heterocycles. The van der Waals surface area contributed by atoms with Crippen molar-refractivity contribution in [3.8, 4) is 11.5 Å². The van der Waals surface area contributed by atoms with Crippen molar-refractivity contribution in [3.05, 3.63) is 64.7 Å². The molecule has 0 N–H and O–H groups in total. The van der Waals surface area contributed by atoms with Crippen molar-refractivity contribution in [2.45, 2.75) is 19.3 Å². The van der Waals surface area contributed by atoms with Gasteiger partial charge in [-0.25, -0.2) is 4.39 Å². The Balaban J connectivity index is 1.60. The maximum absolute atomic E-state index is 14.3. The van der Waals surface area contributed by atoms with Crippen LogP contribution in [0.25, 0.3) is 11.5 Å². The third-order valence-corrected chi connectivity index (χ3v) is 4.82. The monoisotopic (exact) mass is 371 g/mol. The first-order valence-electron chi connectivity index (χ1n) is 8.18. The number of hydrogen-bond donors (Lipinski definition) is 0. The molecule has 2 heterocycles. The number of nitrogens with zero attached hydrogens (tertiary/aromatic N) is 3. The van der Waals surface area contributed by atoms with Crippen molar-refractivity contribution in [2.24, 2.45) is 0 Å². The number of benzene rings is 2. The van der Waals surface area contributed by atoms with Crippen molar-refractivity contribution < 1.29 is 13.7 Å². The van der Waals surface area contributed by atoms with Gasteiger partial charge in [0.2, 0.25) is 5.91 Å². The summed E-state index contributed by atoms with van der Waals surface area (Å²) in [7, 11) is 0. The van der Waals surface area contributed by atoms with Crippen LogP contribution in [-0.2, 0) is 4.79 Å². The van der Waals surface area contributed by atoms with E-state index in [-0.39, 0.29) is 35.5 Å². The molecule has 1 unspecified atom stereocenters. The highest BCUT2D eigenvalue weighted by Gasteiger charge is 2.36. The fourth-order valence-electron chi connectivity index (χ4n) is 3.14. The topological polar surface area (TPSA) is 59.2 Å². The van der Waals surface area contributed by atoms with Crippen LogP contribution in [0.1, 0.15) is 23.7 Å². The second-order valence-corrected chi connectivity index (χ2v) is 6.66. The number of anilines is 1. The van der Waals surface area contributed by atoms with Crippen LogP contribution in [0.3, 0.4) is 0 Å². The molecule has 2 aromatic carbocycles. The summed E-state index contributed by atoms with van der Waals surface area (Å²) in [6.07, 6.45) is 0.193. The van der Waals surface area contributed by atoms with Crippen molar-refractivity contribution in [2.75, 3.05) is 11.4 Å². The molecule has 0 radical (unpaired) electrons. The molecule has 4 rings (SSSR count). The Bertz CT molecular complexity index is 988. The van der Waals surface area contributed by atoms with Gasteiger partial charge in [0.15, 0.2) is 11.6 Å². The largest absolute Gasteiger partial charge is 0.334 e. The van der Waals surface area contributed by atoms with Crippen molar-refractivity contribution in [3.63, 3.8) is 0 Å². The molecule has 1 saturated heterocycles. The van der Waals surface area contributed by atoms with Gasteiger partial charge in [-0.05, 0) is 30.7 Å². The summed E-state index contributed by atoms with van der Waals surface area (Å²) in [5, 5.41) is 4.02. The molecule has 1 fully saturated rings. The molecule has 1 aliphatic rings. The normalized spacial score (nSPS) is 17.1. The summed E-state index contributed by atoms with van der Waals surface area (Å²) >= 11 is 5.83. The Kier molecular flexibility index (Phi) is 4.20. The van der Waals surface area contributed by atoms with Gasteiger partial charge in [0.25, 0.3) is 5.89 Å². The molecule has 5 nitrogen and oxygen atoms in total. The number of halogens is 2. The van der Waals surface area contributed by atoms with Crippen molar-refractivity contribution in [1.29, 1.82) is 0 Å². The molecule has 0 spiro atoms. The highest BCUT2D eigenvalue weighted by atomic mass is 35.5. The number of aromatic nitrogens is 2. The highest BCUT2D eigenvalue weighted by Crippen LogP contribution is 2.34. The van der Waals surface area contributed by atoms with Gasteiger partial charge >= 0.3 is 0 Å². The standard InChI is InChI=1S/C19H15ClFN3O2/c1-11-5-2-3-6-13(11)19-22-18(23-26-19)12-9-16(25)24(10-12)15-8-4-7-14(20)17(15)21/h2-8,12H,9-10H2,1H3. The van der Waals surface area contributed by atoms with E-state index in [2.05, 4.69) is 10.1 Å². The Morgan fingerprint density at radius 1 is 1.23 bits per heavy atom. The van der Waals surface area contributed by atoms with Crippen LogP contribution in [-0.4, -0.2) is 22.6 Å². The lowest BCUT2D eigenvalue weighted by Gasteiger charge is -2.17. The smallest absolute Gasteiger partial charge is 0.258 e. The number of hydrogen-bond acceptors (Lipinski definition) is 4. The van der Waals surface area contributed by atoms with Crippen LogP contribution >= 0.6 is 11.6 Å². The van der Waals surface area contributed by atoms with E-state index in [4.69, 9.17) is 16.1 Å². The van der Waals surface area contributed by atoms with Crippen LogP contribution < -0.4 is 4.90 Å². The average molecular weight is 372 g/mol. The molecule has 132 valence electrons. The zero-order valence-corrected chi connectivity index (χ0v) is 14.7. The zero-order valence-electron chi connectivity index (χ0n) is 13.9. The van der Waals surface area contributed by atoms with E-state index in [0.717, 1.165) is 11.1 Å². The van der Waals surface area contributed by atoms with Gasteiger partial charge in [0.05, 0.1) is 10.7 Å². The minimum atomic E-state index is -0.600. The quantitative estimate of drug-likeness (QED) is 0.686. The fraction of sp³-hybridized carbons (Fsp3) is 0.211. The van der Waals surface area contributed by atoms with Gasteiger partial charge in [-0.3, -0.25) is 4.79 Å². The molecule has 1 aromatic heterocycles. The van der Waals surface area contributed by atoms with E-state index >= 15 is 0 Å². The predicted octanol–water partition coefficient (Wildman–Crippen LogP) is 4.36. The van der Waals surface area contributed by atoms with Gasteiger partial charge in [-0.15, -0.1) is 0 Å². The number of amides is 1. The van der Waals surface area contributed by atoms with Crippen LogP contribution in [0.15, 0.2) is 47.0 Å². The molecular formula is C19H15ClFN3O2. The van der Waals surface area contributed by atoms with Crippen LogP contribution in [0.5, 0.6) is 0 Å². The van der Waals surface area contributed by atoms with Crippen molar-refractivity contribution in [1.82, 2.24) is 10.1 Å². The summed E-state index contributed by atoms with van der Waals surface area (Å²) in [5.41, 5.74) is 2.05. The Morgan fingerprint density at radius 3 is 2.85 bits per heavy atom. The lowest BCUT2D eigenvalue weighted by atomic mass is 10.1. The fourth-order valence-corrected chi connectivity index (χ4v) is 3.31. The maximum atomic E-state index is 14.3. The maximum Gasteiger partial charge on any atom is 0.258 e. The Labute approximate surface area is 154 Å². The lowest BCUT2D eigenvalue weighted by molar-refractivity contribution is -0.117. The molecular weight excluding hydrogens is 357 g/mol. The van der Waals surface area contributed by atoms with Gasteiger partial charge in [-0.2, -0.15) is 4.98 Å². The Morgan fingerprint density at radius 2 is 2.04 bits per heavy atom. The molecule has 26 heavy (non-hydrogen) atoms. The van der Waals surface area contributed by atoms with E-state index in [1.807, 2.05) is 31.2 Å². The van der Waals surface area contributed by atoms with Crippen molar-refractivity contribution >= 4 is 23.2 Å². The Hall–Kier alpha value is -2.73. The van der Waals surface area contributed by atoms with E-state index < -0.39 is 5.82 Å². The van der Waals surface area contributed by atoms with Gasteiger partial charge < -0.3 is 9.42 Å². The first-order chi connectivity index (χ1) is 12.5. The molecule has 0 bridgehead atoms. The third kappa shape index (κ3) is 2.86. The highest BCUT2D eigenvalue weighted by molar-refractivity contribution is 6.31. The van der Waals surface area contributed by atoms with E-state index in [9.17, 15) is 9.18 Å². The lowest BCUT2D eigenvalue weighted by Crippen LogP contribution is -2.25. The molecule has 0 aliphatic carbocycles. The first-order valence-corrected chi connectivity index (χ1v) is 8.56. The van der Waals surface area contributed by atoms with Gasteiger partial charge in [-0.1, -0.05) is 41.0 Å². The minimum Gasteiger partial charge on any atom is -0.334 e. The molecule has 0 saturated carbocycles. The summed E-state index contributed by atoms with van der Waals surface area (Å²) in [4.78, 5) is 18.2. The van der Waals surface area contributed by atoms with Gasteiger partial charge in [0, 0.05) is 24.4 Å². The number of carbonyl (C=O) groups excluding carboxylic acids is 1. The first kappa shape index (κ1) is 16.7. The summed E-state index contributed by atoms with van der Waals surface area (Å²) in [6.45, 7) is 2.24. The van der Waals surface area contributed by atoms with Crippen LogP contribution in [0.4, 0.5) is 10.1 Å². The number of rotatable bonds is 3. The second kappa shape index (κ2) is 6.53. The second-order valence-electron chi connectivity index (χ2n) is 6.25.